The Bertz CT molecular complexity index is 487. The Hall–Kier alpha value is -1.26. The first-order valence-electron chi connectivity index (χ1n) is 7.00. The molecule has 4 nitrogen and oxygen atoms in total. The van der Waals surface area contributed by atoms with Crippen LogP contribution in [0.25, 0.3) is 0 Å². The standard InChI is InChI=1S/C16H25ClN2O2/c1-12-8-13(6-7-14(12)17)21-9-15(20)18-10-16(2,3)11-19(4)5/h6-8H,9-11H2,1-5H3,(H,18,20). The lowest BCUT2D eigenvalue weighted by molar-refractivity contribution is -0.123. The quantitative estimate of drug-likeness (QED) is 0.841. The summed E-state index contributed by atoms with van der Waals surface area (Å²) in [6, 6.07) is 5.36. The molecular formula is C16H25ClN2O2. The van der Waals surface area contributed by atoms with E-state index in [4.69, 9.17) is 16.3 Å². The van der Waals surface area contributed by atoms with E-state index in [2.05, 4.69) is 24.1 Å². The molecule has 0 aliphatic carbocycles. The molecule has 0 fully saturated rings. The summed E-state index contributed by atoms with van der Waals surface area (Å²) in [4.78, 5) is 13.9. The van der Waals surface area contributed by atoms with Crippen LogP contribution in [-0.2, 0) is 4.79 Å². The van der Waals surface area contributed by atoms with E-state index in [1.807, 2.05) is 27.1 Å². The summed E-state index contributed by atoms with van der Waals surface area (Å²) in [6.07, 6.45) is 0. The van der Waals surface area contributed by atoms with Crippen molar-refractivity contribution >= 4 is 17.5 Å². The Labute approximate surface area is 132 Å². The molecule has 0 heterocycles. The molecule has 1 aromatic carbocycles. The molecule has 0 bridgehead atoms. The smallest absolute Gasteiger partial charge is 0.257 e. The molecule has 0 aliphatic heterocycles. The van der Waals surface area contributed by atoms with E-state index >= 15 is 0 Å². The first-order valence-corrected chi connectivity index (χ1v) is 7.38. The van der Waals surface area contributed by atoms with Crippen molar-refractivity contribution in [2.75, 3.05) is 33.8 Å². The molecule has 1 amide bonds. The third-order valence-corrected chi connectivity index (χ3v) is 3.43. The van der Waals surface area contributed by atoms with Crippen LogP contribution in [0.2, 0.25) is 5.02 Å². The molecule has 1 rings (SSSR count). The first kappa shape index (κ1) is 17.8. The van der Waals surface area contributed by atoms with Crippen molar-refractivity contribution in [3.05, 3.63) is 28.8 Å². The fraction of sp³-hybridized carbons (Fsp3) is 0.562. The van der Waals surface area contributed by atoms with E-state index in [-0.39, 0.29) is 17.9 Å². The predicted molar refractivity (Wildman–Crippen MR) is 87.0 cm³/mol. The maximum atomic E-state index is 11.8. The summed E-state index contributed by atoms with van der Waals surface area (Å²) >= 11 is 5.95. The lowest BCUT2D eigenvalue weighted by Gasteiger charge is -2.28. The second kappa shape index (κ2) is 7.66. The highest BCUT2D eigenvalue weighted by Gasteiger charge is 2.19. The molecule has 0 unspecified atom stereocenters. The minimum Gasteiger partial charge on any atom is -0.484 e. The lowest BCUT2D eigenvalue weighted by Crippen LogP contribution is -2.41. The second-order valence-electron chi connectivity index (χ2n) is 6.38. The monoisotopic (exact) mass is 312 g/mol. The van der Waals surface area contributed by atoms with Gasteiger partial charge in [-0.1, -0.05) is 25.4 Å². The van der Waals surface area contributed by atoms with Crippen molar-refractivity contribution in [1.82, 2.24) is 10.2 Å². The Morgan fingerprint density at radius 3 is 2.62 bits per heavy atom. The van der Waals surface area contributed by atoms with Crippen LogP contribution in [0.4, 0.5) is 0 Å². The number of halogens is 1. The fourth-order valence-corrected chi connectivity index (χ4v) is 2.27. The third kappa shape index (κ3) is 6.82. The summed E-state index contributed by atoms with van der Waals surface area (Å²) < 4.78 is 5.47. The van der Waals surface area contributed by atoms with Crippen LogP contribution in [0.3, 0.4) is 0 Å². The van der Waals surface area contributed by atoms with Crippen molar-refractivity contribution in [2.45, 2.75) is 20.8 Å². The van der Waals surface area contributed by atoms with E-state index in [0.29, 0.717) is 17.3 Å². The maximum Gasteiger partial charge on any atom is 0.257 e. The summed E-state index contributed by atoms with van der Waals surface area (Å²) in [5.74, 6) is 0.536. The van der Waals surface area contributed by atoms with Crippen LogP contribution in [-0.4, -0.2) is 44.6 Å². The number of hydrogen-bond acceptors (Lipinski definition) is 3. The van der Waals surface area contributed by atoms with Gasteiger partial charge >= 0.3 is 0 Å². The van der Waals surface area contributed by atoms with E-state index in [1.54, 1.807) is 12.1 Å². The molecule has 0 aliphatic rings. The SMILES string of the molecule is Cc1cc(OCC(=O)NCC(C)(C)CN(C)C)ccc1Cl. The van der Waals surface area contributed by atoms with Gasteiger partial charge in [0.25, 0.3) is 5.91 Å². The van der Waals surface area contributed by atoms with E-state index < -0.39 is 0 Å². The van der Waals surface area contributed by atoms with Gasteiger partial charge in [-0.05, 0) is 50.2 Å². The minimum absolute atomic E-state index is 0.0130. The molecule has 0 saturated carbocycles. The Kier molecular flexibility index (Phi) is 6.49. The molecular weight excluding hydrogens is 288 g/mol. The number of amides is 1. The van der Waals surface area contributed by atoms with Gasteiger partial charge in [-0.25, -0.2) is 0 Å². The zero-order valence-corrected chi connectivity index (χ0v) is 14.3. The van der Waals surface area contributed by atoms with Crippen molar-refractivity contribution in [1.29, 1.82) is 0 Å². The number of rotatable bonds is 7. The molecule has 0 atom stereocenters. The first-order chi connectivity index (χ1) is 9.69. The van der Waals surface area contributed by atoms with Crippen molar-refractivity contribution in [3.8, 4) is 5.75 Å². The number of ether oxygens (including phenoxy) is 1. The highest BCUT2D eigenvalue weighted by molar-refractivity contribution is 6.31. The largest absolute Gasteiger partial charge is 0.484 e. The molecule has 5 heteroatoms. The number of nitrogens with zero attached hydrogens (tertiary/aromatic N) is 1. The molecule has 0 spiro atoms. The number of aryl methyl sites for hydroxylation is 1. The van der Waals surface area contributed by atoms with Gasteiger partial charge in [0.1, 0.15) is 5.75 Å². The van der Waals surface area contributed by atoms with Gasteiger partial charge in [-0.2, -0.15) is 0 Å². The topological polar surface area (TPSA) is 41.6 Å². The van der Waals surface area contributed by atoms with E-state index in [0.717, 1.165) is 12.1 Å². The highest BCUT2D eigenvalue weighted by atomic mass is 35.5. The van der Waals surface area contributed by atoms with Gasteiger partial charge in [-0.15, -0.1) is 0 Å². The third-order valence-electron chi connectivity index (χ3n) is 3.01. The van der Waals surface area contributed by atoms with Gasteiger partial charge in [0.15, 0.2) is 6.61 Å². The number of carbonyl (C=O) groups excluding carboxylic acids is 1. The van der Waals surface area contributed by atoms with E-state index in [1.165, 1.54) is 0 Å². The minimum atomic E-state index is -0.116. The Morgan fingerprint density at radius 2 is 2.05 bits per heavy atom. The predicted octanol–water partition coefficient (Wildman–Crippen LogP) is 2.73. The molecule has 0 aromatic heterocycles. The summed E-state index contributed by atoms with van der Waals surface area (Å²) in [5, 5.41) is 3.60. The fourth-order valence-electron chi connectivity index (χ4n) is 2.16. The van der Waals surface area contributed by atoms with Crippen LogP contribution in [0, 0.1) is 12.3 Å². The van der Waals surface area contributed by atoms with Gasteiger partial charge in [0, 0.05) is 18.1 Å². The van der Waals surface area contributed by atoms with Crippen LogP contribution in [0.1, 0.15) is 19.4 Å². The molecule has 1 aromatic rings. The van der Waals surface area contributed by atoms with Crippen LogP contribution in [0.15, 0.2) is 18.2 Å². The van der Waals surface area contributed by atoms with Gasteiger partial charge in [0.05, 0.1) is 0 Å². The maximum absolute atomic E-state index is 11.8. The van der Waals surface area contributed by atoms with Gasteiger partial charge in [0.2, 0.25) is 0 Å². The summed E-state index contributed by atoms with van der Waals surface area (Å²) in [7, 11) is 4.05. The number of hydrogen-bond donors (Lipinski definition) is 1. The van der Waals surface area contributed by atoms with E-state index in [9.17, 15) is 4.79 Å². The van der Waals surface area contributed by atoms with Gasteiger partial charge in [-0.3, -0.25) is 4.79 Å². The highest BCUT2D eigenvalue weighted by Crippen LogP contribution is 2.21. The number of carbonyl (C=O) groups is 1. The van der Waals surface area contributed by atoms with Gasteiger partial charge < -0.3 is 15.0 Å². The average Bonchev–Trinajstić information content (AvgIpc) is 2.36. The normalized spacial score (nSPS) is 11.6. The molecule has 0 saturated heterocycles. The molecule has 0 radical (unpaired) electrons. The zero-order valence-electron chi connectivity index (χ0n) is 13.5. The van der Waals surface area contributed by atoms with Crippen LogP contribution in [0.5, 0.6) is 5.75 Å². The van der Waals surface area contributed by atoms with Crippen molar-refractivity contribution in [2.24, 2.45) is 5.41 Å². The average molecular weight is 313 g/mol. The number of nitrogens with one attached hydrogen (secondary N) is 1. The van der Waals surface area contributed by atoms with Crippen molar-refractivity contribution < 1.29 is 9.53 Å². The summed E-state index contributed by atoms with van der Waals surface area (Å²) in [6.45, 7) is 7.68. The Balaban J connectivity index is 2.39. The number of benzene rings is 1. The van der Waals surface area contributed by atoms with Crippen LogP contribution < -0.4 is 10.1 Å². The second-order valence-corrected chi connectivity index (χ2v) is 6.79. The van der Waals surface area contributed by atoms with Crippen LogP contribution >= 0.6 is 11.6 Å². The molecule has 1 N–H and O–H groups in total. The zero-order chi connectivity index (χ0) is 16.0. The van der Waals surface area contributed by atoms with Crippen molar-refractivity contribution in [3.63, 3.8) is 0 Å². The molecule has 21 heavy (non-hydrogen) atoms. The lowest BCUT2D eigenvalue weighted by atomic mass is 9.93. The summed E-state index contributed by atoms with van der Waals surface area (Å²) in [5.41, 5.74) is 0.956. The Morgan fingerprint density at radius 1 is 1.38 bits per heavy atom. The molecule has 118 valence electrons.